The molecule has 146 valence electrons. The highest BCUT2D eigenvalue weighted by Crippen LogP contribution is 2.39. The standard InChI is InChI=1S/C20H21N3O4S/c24-14-21-7-9-22(10-8-21)19(26)15-3-5-16(6-4-15)20-23(18(25)13-28-20)12-17-2-1-11-27-17/h1-6,11,14,20H,7-10,12-13H2/t20-/m0/s1. The summed E-state index contributed by atoms with van der Waals surface area (Å²) >= 11 is 1.58. The number of piperazine rings is 1. The van der Waals surface area contributed by atoms with E-state index in [1.54, 1.807) is 32.7 Å². The van der Waals surface area contributed by atoms with Crippen molar-refractivity contribution in [1.82, 2.24) is 14.7 Å². The second-order valence-corrected chi connectivity index (χ2v) is 7.89. The van der Waals surface area contributed by atoms with Crippen molar-refractivity contribution >= 4 is 30.0 Å². The first-order valence-electron chi connectivity index (χ1n) is 9.18. The van der Waals surface area contributed by atoms with Gasteiger partial charge in [-0.15, -0.1) is 11.8 Å². The third-order valence-electron chi connectivity index (χ3n) is 5.07. The van der Waals surface area contributed by atoms with Crippen molar-refractivity contribution in [2.24, 2.45) is 0 Å². The zero-order valence-electron chi connectivity index (χ0n) is 15.3. The van der Waals surface area contributed by atoms with E-state index in [0.29, 0.717) is 44.0 Å². The second-order valence-electron chi connectivity index (χ2n) is 6.82. The van der Waals surface area contributed by atoms with Crippen molar-refractivity contribution in [3.8, 4) is 0 Å². The minimum Gasteiger partial charge on any atom is -0.467 e. The lowest BCUT2D eigenvalue weighted by Gasteiger charge is -2.32. The number of hydrogen-bond acceptors (Lipinski definition) is 5. The minimum absolute atomic E-state index is 0.0281. The Morgan fingerprint density at radius 2 is 1.89 bits per heavy atom. The van der Waals surface area contributed by atoms with Crippen molar-refractivity contribution in [3.63, 3.8) is 0 Å². The van der Waals surface area contributed by atoms with E-state index in [9.17, 15) is 14.4 Å². The Labute approximate surface area is 167 Å². The van der Waals surface area contributed by atoms with Gasteiger partial charge in [0, 0.05) is 31.7 Å². The maximum Gasteiger partial charge on any atom is 0.253 e. The Morgan fingerprint density at radius 1 is 1.14 bits per heavy atom. The van der Waals surface area contributed by atoms with Gasteiger partial charge in [0.25, 0.3) is 5.91 Å². The minimum atomic E-state index is -0.0853. The smallest absolute Gasteiger partial charge is 0.253 e. The lowest BCUT2D eigenvalue weighted by molar-refractivity contribution is -0.128. The van der Waals surface area contributed by atoms with E-state index >= 15 is 0 Å². The number of hydrogen-bond donors (Lipinski definition) is 0. The zero-order chi connectivity index (χ0) is 19.5. The molecule has 0 aliphatic carbocycles. The molecule has 7 nitrogen and oxygen atoms in total. The molecule has 0 unspecified atom stereocenters. The fraction of sp³-hybridized carbons (Fsp3) is 0.350. The second kappa shape index (κ2) is 8.10. The number of rotatable bonds is 5. The molecule has 3 heterocycles. The van der Waals surface area contributed by atoms with Crippen molar-refractivity contribution in [3.05, 3.63) is 59.5 Å². The molecule has 2 aliphatic rings. The van der Waals surface area contributed by atoms with Crippen molar-refractivity contribution in [2.45, 2.75) is 11.9 Å². The highest BCUT2D eigenvalue weighted by atomic mass is 32.2. The van der Waals surface area contributed by atoms with Crippen LogP contribution in [0.5, 0.6) is 0 Å². The summed E-state index contributed by atoms with van der Waals surface area (Å²) in [6, 6.07) is 11.1. The number of carbonyl (C=O) groups is 3. The molecule has 2 saturated heterocycles. The molecule has 2 aromatic rings. The molecule has 0 bridgehead atoms. The van der Waals surface area contributed by atoms with Crippen LogP contribution >= 0.6 is 11.8 Å². The van der Waals surface area contributed by atoms with E-state index in [4.69, 9.17) is 4.42 Å². The number of thioether (sulfide) groups is 1. The summed E-state index contributed by atoms with van der Waals surface area (Å²) in [5.74, 6) is 1.24. The molecule has 28 heavy (non-hydrogen) atoms. The van der Waals surface area contributed by atoms with Gasteiger partial charge < -0.3 is 19.1 Å². The Hall–Kier alpha value is -2.74. The van der Waals surface area contributed by atoms with Gasteiger partial charge in [-0.1, -0.05) is 12.1 Å². The average Bonchev–Trinajstić information content (AvgIpc) is 3.38. The molecule has 3 amide bonds. The summed E-state index contributed by atoms with van der Waals surface area (Å²) in [4.78, 5) is 41.0. The third-order valence-corrected chi connectivity index (χ3v) is 6.32. The van der Waals surface area contributed by atoms with Crippen molar-refractivity contribution in [2.75, 3.05) is 31.9 Å². The van der Waals surface area contributed by atoms with Crippen LogP contribution in [0, 0.1) is 0 Å². The van der Waals surface area contributed by atoms with Gasteiger partial charge >= 0.3 is 0 Å². The molecule has 1 aromatic carbocycles. The maximum atomic E-state index is 12.7. The van der Waals surface area contributed by atoms with E-state index in [0.717, 1.165) is 17.7 Å². The first-order valence-corrected chi connectivity index (χ1v) is 10.2. The van der Waals surface area contributed by atoms with Gasteiger partial charge in [-0.25, -0.2) is 0 Å². The van der Waals surface area contributed by atoms with Crippen LogP contribution in [0.25, 0.3) is 0 Å². The lowest BCUT2D eigenvalue weighted by Crippen LogP contribution is -2.48. The van der Waals surface area contributed by atoms with Crippen LogP contribution in [0.1, 0.15) is 27.1 Å². The molecular weight excluding hydrogens is 378 g/mol. The predicted molar refractivity (Wildman–Crippen MR) is 104 cm³/mol. The first-order chi connectivity index (χ1) is 13.7. The van der Waals surface area contributed by atoms with Gasteiger partial charge in [-0.2, -0.15) is 0 Å². The van der Waals surface area contributed by atoms with Crippen LogP contribution in [0.3, 0.4) is 0 Å². The molecule has 1 aromatic heterocycles. The summed E-state index contributed by atoms with van der Waals surface area (Å²) in [7, 11) is 0. The number of benzene rings is 1. The lowest BCUT2D eigenvalue weighted by atomic mass is 10.1. The monoisotopic (exact) mass is 399 g/mol. The summed E-state index contributed by atoms with van der Waals surface area (Å²) < 4.78 is 5.38. The Bertz CT molecular complexity index is 845. The molecular formula is C20H21N3O4S. The van der Waals surface area contributed by atoms with E-state index in [-0.39, 0.29) is 17.2 Å². The Balaban J connectivity index is 1.44. The molecule has 2 fully saturated rings. The maximum absolute atomic E-state index is 12.7. The SMILES string of the molecule is O=CN1CCN(C(=O)c2ccc([C@@H]3SCC(=O)N3Cc3ccco3)cc2)CC1. The van der Waals surface area contributed by atoms with Crippen LogP contribution < -0.4 is 0 Å². The van der Waals surface area contributed by atoms with Gasteiger partial charge in [0.05, 0.1) is 18.6 Å². The molecule has 1 atom stereocenters. The van der Waals surface area contributed by atoms with E-state index in [1.165, 1.54) is 0 Å². The fourth-order valence-corrected chi connectivity index (χ4v) is 4.66. The zero-order valence-corrected chi connectivity index (χ0v) is 16.1. The van der Waals surface area contributed by atoms with Gasteiger partial charge in [0.15, 0.2) is 0 Å². The van der Waals surface area contributed by atoms with Gasteiger partial charge in [0.2, 0.25) is 12.3 Å². The topological polar surface area (TPSA) is 74.1 Å². The number of amides is 3. The summed E-state index contributed by atoms with van der Waals surface area (Å²) in [6.07, 6.45) is 2.43. The Morgan fingerprint density at radius 3 is 2.54 bits per heavy atom. The number of nitrogens with zero attached hydrogens (tertiary/aromatic N) is 3. The van der Waals surface area contributed by atoms with E-state index < -0.39 is 0 Å². The summed E-state index contributed by atoms with van der Waals surface area (Å²) in [5.41, 5.74) is 1.61. The normalized spacial score (nSPS) is 19.9. The first kappa shape index (κ1) is 18.6. The number of carbonyl (C=O) groups excluding carboxylic acids is 3. The van der Waals surface area contributed by atoms with E-state index in [1.807, 2.05) is 36.4 Å². The average molecular weight is 399 g/mol. The van der Waals surface area contributed by atoms with Crippen LogP contribution in [-0.4, -0.2) is 64.9 Å². The van der Waals surface area contributed by atoms with Gasteiger partial charge in [-0.3, -0.25) is 14.4 Å². The number of furan rings is 1. The highest BCUT2D eigenvalue weighted by molar-refractivity contribution is 8.00. The van der Waals surface area contributed by atoms with Crippen LogP contribution in [-0.2, 0) is 16.1 Å². The van der Waals surface area contributed by atoms with Crippen LogP contribution in [0.4, 0.5) is 0 Å². The molecule has 8 heteroatoms. The Kier molecular flexibility index (Phi) is 5.38. The van der Waals surface area contributed by atoms with Gasteiger partial charge in [-0.05, 0) is 29.8 Å². The van der Waals surface area contributed by atoms with Crippen molar-refractivity contribution < 1.29 is 18.8 Å². The largest absolute Gasteiger partial charge is 0.467 e. The van der Waals surface area contributed by atoms with Crippen LogP contribution in [0.2, 0.25) is 0 Å². The van der Waals surface area contributed by atoms with Gasteiger partial charge in [0.1, 0.15) is 11.1 Å². The quantitative estimate of drug-likeness (QED) is 0.719. The molecule has 0 spiro atoms. The van der Waals surface area contributed by atoms with E-state index in [2.05, 4.69) is 0 Å². The predicted octanol–water partition coefficient (Wildman–Crippen LogP) is 1.97. The summed E-state index contributed by atoms with van der Waals surface area (Å²) in [5, 5.41) is -0.0853. The molecule has 2 aliphatic heterocycles. The van der Waals surface area contributed by atoms with Crippen LogP contribution in [0.15, 0.2) is 47.1 Å². The molecule has 0 saturated carbocycles. The van der Waals surface area contributed by atoms with Crippen molar-refractivity contribution in [1.29, 1.82) is 0 Å². The molecule has 4 rings (SSSR count). The third kappa shape index (κ3) is 3.77. The molecule has 0 N–H and O–H groups in total. The summed E-state index contributed by atoms with van der Waals surface area (Å²) in [6.45, 7) is 2.66. The highest BCUT2D eigenvalue weighted by Gasteiger charge is 2.33. The fourth-order valence-electron chi connectivity index (χ4n) is 3.47. The molecule has 0 radical (unpaired) electrons.